The number of ether oxygens (including phenoxy) is 1. The zero-order chi connectivity index (χ0) is 22.8. The quantitative estimate of drug-likeness (QED) is 0.570. The molecule has 1 atom stereocenters. The van der Waals surface area contributed by atoms with E-state index in [1.807, 2.05) is 0 Å². The highest BCUT2D eigenvalue weighted by atomic mass is 32.1. The van der Waals surface area contributed by atoms with E-state index >= 15 is 0 Å². The Balaban J connectivity index is 1.78. The number of pyridine rings is 1. The minimum atomic E-state index is -0.855. The highest BCUT2D eigenvalue weighted by Gasteiger charge is 2.33. The molecule has 8 nitrogen and oxygen atoms in total. The number of hydrogen-bond acceptors (Lipinski definition) is 6. The van der Waals surface area contributed by atoms with Crippen molar-refractivity contribution < 1.29 is 19.1 Å². The average Bonchev–Trinajstić information content (AvgIpc) is 3.36. The second-order valence-corrected chi connectivity index (χ2v) is 8.72. The monoisotopic (exact) mass is 458 g/mol. The van der Waals surface area contributed by atoms with Crippen molar-refractivity contribution in [2.45, 2.75) is 44.2 Å². The summed E-state index contributed by atoms with van der Waals surface area (Å²) in [5.74, 6) is -0.914. The molecule has 0 aliphatic heterocycles. The van der Waals surface area contributed by atoms with E-state index < -0.39 is 6.04 Å². The Hall–Kier alpha value is -2.78. The third-order valence-corrected chi connectivity index (χ3v) is 6.38. The first kappa shape index (κ1) is 23.9. The van der Waals surface area contributed by atoms with Gasteiger partial charge in [0.15, 0.2) is 0 Å². The second kappa shape index (κ2) is 12.3. The summed E-state index contributed by atoms with van der Waals surface area (Å²) in [5.41, 5.74) is 0.620. The summed E-state index contributed by atoms with van der Waals surface area (Å²) >= 11 is 1.30. The van der Waals surface area contributed by atoms with E-state index in [1.54, 1.807) is 49.1 Å². The van der Waals surface area contributed by atoms with Crippen LogP contribution in [0, 0.1) is 0 Å². The van der Waals surface area contributed by atoms with Crippen LogP contribution in [0.2, 0.25) is 0 Å². The first-order valence-corrected chi connectivity index (χ1v) is 11.8. The fourth-order valence-electron chi connectivity index (χ4n) is 3.88. The first-order chi connectivity index (χ1) is 15.6. The van der Waals surface area contributed by atoms with Gasteiger partial charge in [0.1, 0.15) is 6.04 Å². The lowest BCUT2D eigenvalue weighted by Gasteiger charge is -2.33. The lowest BCUT2D eigenvalue weighted by molar-refractivity contribution is -0.141. The molecule has 0 aromatic carbocycles. The van der Waals surface area contributed by atoms with E-state index in [1.165, 1.54) is 22.7 Å². The van der Waals surface area contributed by atoms with Gasteiger partial charge >= 0.3 is 0 Å². The SMILES string of the molecule is COCCN(C(=O)CNC(=O)c1cccs1)[C@H](C(=O)NC1CCCCC1)c1cccnc1. The maximum absolute atomic E-state index is 13.4. The highest BCUT2D eigenvalue weighted by Crippen LogP contribution is 2.23. The summed E-state index contributed by atoms with van der Waals surface area (Å²) in [6.45, 7) is 0.258. The number of nitrogens with zero attached hydrogens (tertiary/aromatic N) is 2. The van der Waals surface area contributed by atoms with Crippen molar-refractivity contribution in [1.29, 1.82) is 0 Å². The highest BCUT2D eigenvalue weighted by molar-refractivity contribution is 7.12. The number of methoxy groups -OCH3 is 1. The van der Waals surface area contributed by atoms with Crippen molar-refractivity contribution in [2.75, 3.05) is 26.8 Å². The van der Waals surface area contributed by atoms with Gasteiger partial charge in [0.05, 0.1) is 18.0 Å². The van der Waals surface area contributed by atoms with Crippen LogP contribution in [0.25, 0.3) is 0 Å². The van der Waals surface area contributed by atoms with E-state index in [0.29, 0.717) is 10.4 Å². The number of carbonyl (C=O) groups excluding carboxylic acids is 3. The Morgan fingerprint density at radius 1 is 1.22 bits per heavy atom. The van der Waals surface area contributed by atoms with Gasteiger partial charge in [0, 0.05) is 37.7 Å². The minimum absolute atomic E-state index is 0.105. The van der Waals surface area contributed by atoms with Crippen LogP contribution in [0.5, 0.6) is 0 Å². The second-order valence-electron chi connectivity index (χ2n) is 7.77. The standard InChI is InChI=1S/C23H30N4O4S/c1-31-13-12-27(20(28)16-25-22(29)19-10-6-14-32-19)21(17-7-5-11-24-15-17)23(30)26-18-8-3-2-4-9-18/h5-7,10-11,14-15,18,21H,2-4,8-9,12-13,16H2,1H3,(H,25,29)(H,26,30)/t21-/m0/s1. The Morgan fingerprint density at radius 2 is 2.03 bits per heavy atom. The third kappa shape index (κ3) is 6.61. The van der Waals surface area contributed by atoms with Crippen molar-refractivity contribution in [2.24, 2.45) is 0 Å². The Bertz CT molecular complexity index is 869. The predicted octanol–water partition coefficient (Wildman–Crippen LogP) is 2.54. The molecule has 2 heterocycles. The molecule has 1 saturated carbocycles. The van der Waals surface area contributed by atoms with E-state index in [2.05, 4.69) is 15.6 Å². The molecule has 2 aromatic rings. The molecule has 172 valence electrons. The summed E-state index contributed by atoms with van der Waals surface area (Å²) in [7, 11) is 1.54. The number of thiophene rings is 1. The minimum Gasteiger partial charge on any atom is -0.383 e. The van der Waals surface area contributed by atoms with Crippen molar-refractivity contribution in [3.05, 3.63) is 52.5 Å². The molecule has 3 amide bonds. The first-order valence-electron chi connectivity index (χ1n) is 10.9. The zero-order valence-corrected chi connectivity index (χ0v) is 19.1. The number of carbonyl (C=O) groups is 3. The van der Waals surface area contributed by atoms with Crippen molar-refractivity contribution in [3.63, 3.8) is 0 Å². The van der Waals surface area contributed by atoms with Gasteiger partial charge < -0.3 is 20.3 Å². The molecule has 2 N–H and O–H groups in total. The molecule has 0 radical (unpaired) electrons. The summed E-state index contributed by atoms with van der Waals surface area (Å²) in [6.07, 6.45) is 8.46. The molecule has 2 aromatic heterocycles. The van der Waals surface area contributed by atoms with Crippen LogP contribution in [0.4, 0.5) is 0 Å². The molecule has 0 unspecified atom stereocenters. The largest absolute Gasteiger partial charge is 0.383 e. The molecule has 1 fully saturated rings. The molecule has 3 rings (SSSR count). The van der Waals surface area contributed by atoms with Crippen LogP contribution < -0.4 is 10.6 Å². The number of aromatic nitrogens is 1. The van der Waals surface area contributed by atoms with E-state index in [9.17, 15) is 14.4 Å². The van der Waals surface area contributed by atoms with E-state index in [4.69, 9.17) is 4.74 Å². The fourth-order valence-corrected chi connectivity index (χ4v) is 4.52. The number of amides is 3. The number of rotatable bonds is 10. The summed E-state index contributed by atoms with van der Waals surface area (Å²) in [5, 5.41) is 7.59. The van der Waals surface area contributed by atoms with Crippen LogP contribution in [0.3, 0.4) is 0 Å². The lowest BCUT2D eigenvalue weighted by atomic mass is 9.95. The molecular weight excluding hydrogens is 428 g/mol. The van der Waals surface area contributed by atoms with Crippen LogP contribution >= 0.6 is 11.3 Å². The van der Waals surface area contributed by atoms with Gasteiger partial charge in [-0.1, -0.05) is 31.4 Å². The molecule has 9 heteroatoms. The van der Waals surface area contributed by atoms with Gasteiger partial charge in [-0.2, -0.15) is 0 Å². The van der Waals surface area contributed by atoms with Gasteiger partial charge in [-0.3, -0.25) is 19.4 Å². The Labute approximate surface area is 192 Å². The summed E-state index contributed by atoms with van der Waals surface area (Å²) in [4.78, 5) is 45.0. The zero-order valence-electron chi connectivity index (χ0n) is 18.3. The van der Waals surface area contributed by atoms with Crippen LogP contribution in [-0.4, -0.2) is 60.5 Å². The van der Waals surface area contributed by atoms with E-state index in [-0.39, 0.29) is 43.5 Å². The average molecular weight is 459 g/mol. The Kier molecular flexibility index (Phi) is 9.18. The predicted molar refractivity (Wildman–Crippen MR) is 122 cm³/mol. The fraction of sp³-hybridized carbons (Fsp3) is 0.478. The van der Waals surface area contributed by atoms with E-state index in [0.717, 1.165) is 25.7 Å². The summed E-state index contributed by atoms with van der Waals surface area (Å²) < 4.78 is 5.20. The van der Waals surface area contributed by atoms with Crippen LogP contribution in [0.15, 0.2) is 42.0 Å². The van der Waals surface area contributed by atoms with Crippen molar-refractivity contribution >= 4 is 29.1 Å². The molecular formula is C23H30N4O4S. The van der Waals surface area contributed by atoms with Gasteiger partial charge in [0.2, 0.25) is 11.8 Å². The molecule has 0 bridgehead atoms. The Morgan fingerprint density at radius 3 is 2.69 bits per heavy atom. The van der Waals surface area contributed by atoms with Crippen LogP contribution in [0.1, 0.15) is 53.4 Å². The van der Waals surface area contributed by atoms with Gasteiger partial charge in [0.25, 0.3) is 5.91 Å². The number of hydrogen-bond donors (Lipinski definition) is 2. The molecule has 32 heavy (non-hydrogen) atoms. The van der Waals surface area contributed by atoms with Crippen LogP contribution in [-0.2, 0) is 14.3 Å². The molecule has 0 saturated heterocycles. The lowest BCUT2D eigenvalue weighted by Crippen LogP contribution is -2.50. The number of nitrogens with one attached hydrogen (secondary N) is 2. The van der Waals surface area contributed by atoms with Gasteiger partial charge in [-0.25, -0.2) is 0 Å². The molecule has 1 aliphatic carbocycles. The van der Waals surface area contributed by atoms with Gasteiger partial charge in [-0.15, -0.1) is 11.3 Å². The molecule has 0 spiro atoms. The maximum Gasteiger partial charge on any atom is 0.261 e. The van der Waals surface area contributed by atoms with Gasteiger partial charge in [-0.05, 0) is 30.4 Å². The van der Waals surface area contributed by atoms with Crippen molar-refractivity contribution in [3.8, 4) is 0 Å². The smallest absolute Gasteiger partial charge is 0.261 e. The summed E-state index contributed by atoms with van der Waals surface area (Å²) in [6, 6.07) is 6.26. The maximum atomic E-state index is 13.4. The molecule has 1 aliphatic rings. The third-order valence-electron chi connectivity index (χ3n) is 5.51. The topological polar surface area (TPSA) is 101 Å². The normalized spacial score (nSPS) is 15.0. The van der Waals surface area contributed by atoms with Crippen molar-refractivity contribution in [1.82, 2.24) is 20.5 Å².